The van der Waals surface area contributed by atoms with E-state index >= 15 is 0 Å². The predicted octanol–water partition coefficient (Wildman–Crippen LogP) is 0.562. The lowest BCUT2D eigenvalue weighted by Gasteiger charge is -2.13. The van der Waals surface area contributed by atoms with Gasteiger partial charge in [0, 0.05) is 18.2 Å². The molecule has 1 aromatic carbocycles. The van der Waals surface area contributed by atoms with Crippen molar-refractivity contribution in [3.8, 4) is 11.5 Å². The Balaban J connectivity index is 2.49. The highest BCUT2D eigenvalue weighted by atomic mass is 16.5. The molecule has 2 aromatic rings. The molecule has 1 heterocycles. The minimum absolute atomic E-state index is 0.0115. The van der Waals surface area contributed by atoms with Gasteiger partial charge in [0.15, 0.2) is 0 Å². The van der Waals surface area contributed by atoms with Gasteiger partial charge in [-0.3, -0.25) is 4.79 Å². The number of benzene rings is 1. The number of esters is 1. The first kappa shape index (κ1) is 17.0. The number of rotatable bonds is 6. The highest BCUT2D eigenvalue weighted by Crippen LogP contribution is 2.32. The van der Waals surface area contributed by atoms with Gasteiger partial charge in [-0.2, -0.15) is 4.98 Å². The fraction of sp³-hybridized carbons (Fsp3) is 0.200. The van der Waals surface area contributed by atoms with E-state index in [-0.39, 0.29) is 35.3 Å². The van der Waals surface area contributed by atoms with E-state index in [0.717, 1.165) is 0 Å². The van der Waals surface area contributed by atoms with Gasteiger partial charge in [-0.15, -0.1) is 0 Å². The van der Waals surface area contributed by atoms with Crippen LogP contribution in [0.2, 0.25) is 0 Å². The van der Waals surface area contributed by atoms with Gasteiger partial charge in [0.1, 0.15) is 22.9 Å². The second-order valence-electron chi connectivity index (χ2n) is 4.69. The smallest absolute Gasteiger partial charge is 0.345 e. The van der Waals surface area contributed by atoms with Crippen LogP contribution in [-0.4, -0.2) is 36.6 Å². The molecule has 0 aliphatic carbocycles. The molecule has 0 radical (unpaired) electrons. The number of aromatic nitrogens is 2. The number of carbonyl (C=O) groups excluding carboxylic acids is 2. The molecule has 126 valence electrons. The average molecular weight is 332 g/mol. The third kappa shape index (κ3) is 3.51. The standard InChI is InChI=1S/C15H16N4O5/c1-22-10-4-8(3-9-6-18-15(17)19-13(9)16)5-11(24-7-20)12(10)14(21)23-2/h4-7H,3H2,1-2H3,(H4,16,17,18,19). The van der Waals surface area contributed by atoms with Crippen molar-refractivity contribution in [1.82, 2.24) is 9.97 Å². The topological polar surface area (TPSA) is 140 Å². The van der Waals surface area contributed by atoms with Gasteiger partial charge >= 0.3 is 5.97 Å². The van der Waals surface area contributed by atoms with E-state index in [2.05, 4.69) is 14.7 Å². The SMILES string of the molecule is COC(=O)c1c(OC)cc(Cc2cnc(N)nc2N)cc1OC=O. The molecule has 0 bridgehead atoms. The molecule has 0 unspecified atom stereocenters. The van der Waals surface area contributed by atoms with Crippen molar-refractivity contribution in [2.45, 2.75) is 6.42 Å². The number of nitrogen functional groups attached to an aromatic ring is 2. The largest absolute Gasteiger partial charge is 0.496 e. The Morgan fingerprint density at radius 1 is 1.25 bits per heavy atom. The highest BCUT2D eigenvalue weighted by molar-refractivity contribution is 5.96. The van der Waals surface area contributed by atoms with Crippen LogP contribution >= 0.6 is 0 Å². The number of ether oxygens (including phenoxy) is 3. The van der Waals surface area contributed by atoms with Gasteiger partial charge in [0.2, 0.25) is 5.95 Å². The molecule has 9 nitrogen and oxygen atoms in total. The molecular formula is C15H16N4O5. The average Bonchev–Trinajstić information content (AvgIpc) is 2.56. The first-order valence-corrected chi connectivity index (χ1v) is 6.76. The Morgan fingerprint density at radius 3 is 2.54 bits per heavy atom. The summed E-state index contributed by atoms with van der Waals surface area (Å²) in [6.45, 7) is 0.214. The Morgan fingerprint density at radius 2 is 1.96 bits per heavy atom. The van der Waals surface area contributed by atoms with Crippen LogP contribution in [0.15, 0.2) is 18.3 Å². The summed E-state index contributed by atoms with van der Waals surface area (Å²) < 4.78 is 14.8. The van der Waals surface area contributed by atoms with Crippen molar-refractivity contribution in [2.75, 3.05) is 25.7 Å². The Bertz CT molecular complexity index is 779. The van der Waals surface area contributed by atoms with Crippen LogP contribution in [0.5, 0.6) is 11.5 Å². The lowest BCUT2D eigenvalue weighted by Crippen LogP contribution is -2.09. The molecule has 1 aromatic heterocycles. The molecule has 24 heavy (non-hydrogen) atoms. The van der Waals surface area contributed by atoms with E-state index in [1.54, 1.807) is 6.07 Å². The number of nitrogens with two attached hydrogens (primary N) is 2. The molecule has 0 fully saturated rings. The lowest BCUT2D eigenvalue weighted by molar-refractivity contribution is -0.120. The van der Waals surface area contributed by atoms with E-state index in [0.29, 0.717) is 17.5 Å². The molecule has 0 spiro atoms. The van der Waals surface area contributed by atoms with Crippen molar-refractivity contribution < 1.29 is 23.8 Å². The molecule has 0 atom stereocenters. The summed E-state index contributed by atoms with van der Waals surface area (Å²) in [5.74, 6) is -0.172. The molecule has 2 rings (SSSR count). The summed E-state index contributed by atoms with van der Waals surface area (Å²) in [4.78, 5) is 30.4. The van der Waals surface area contributed by atoms with Gasteiger partial charge in [0.25, 0.3) is 6.47 Å². The summed E-state index contributed by atoms with van der Waals surface area (Å²) in [6, 6.07) is 3.12. The van der Waals surface area contributed by atoms with Gasteiger partial charge in [-0.1, -0.05) is 0 Å². The zero-order valence-electron chi connectivity index (χ0n) is 13.1. The Hall–Kier alpha value is -3.36. The van der Waals surface area contributed by atoms with Gasteiger partial charge in [-0.25, -0.2) is 9.78 Å². The van der Waals surface area contributed by atoms with Crippen molar-refractivity contribution in [1.29, 1.82) is 0 Å². The normalized spacial score (nSPS) is 10.1. The van der Waals surface area contributed by atoms with Gasteiger partial charge in [-0.05, 0) is 17.7 Å². The number of carbonyl (C=O) groups is 2. The van der Waals surface area contributed by atoms with E-state index in [1.807, 2.05) is 0 Å². The number of hydrogen-bond donors (Lipinski definition) is 2. The number of nitrogens with zero attached hydrogens (tertiary/aromatic N) is 2. The minimum Gasteiger partial charge on any atom is -0.496 e. The second kappa shape index (κ2) is 7.27. The molecule has 9 heteroatoms. The summed E-state index contributed by atoms with van der Waals surface area (Å²) in [5, 5.41) is 0. The molecule has 0 saturated carbocycles. The molecule has 0 aliphatic rings. The van der Waals surface area contributed by atoms with Crippen LogP contribution in [0.1, 0.15) is 21.5 Å². The number of methoxy groups -OCH3 is 2. The first-order chi connectivity index (χ1) is 11.5. The third-order valence-electron chi connectivity index (χ3n) is 3.22. The molecular weight excluding hydrogens is 316 g/mol. The summed E-state index contributed by atoms with van der Waals surface area (Å²) in [7, 11) is 2.60. The van der Waals surface area contributed by atoms with Crippen molar-refractivity contribution in [3.05, 3.63) is 35.0 Å². The highest BCUT2D eigenvalue weighted by Gasteiger charge is 2.21. The van der Waals surface area contributed by atoms with Gasteiger partial charge in [0.05, 0.1) is 14.2 Å². The van der Waals surface area contributed by atoms with Crippen LogP contribution in [-0.2, 0) is 16.0 Å². The van der Waals surface area contributed by atoms with E-state index < -0.39 is 5.97 Å². The van der Waals surface area contributed by atoms with Crippen LogP contribution in [0.3, 0.4) is 0 Å². The molecule has 0 saturated heterocycles. The van der Waals surface area contributed by atoms with E-state index in [1.165, 1.54) is 26.5 Å². The summed E-state index contributed by atoms with van der Waals surface area (Å²) >= 11 is 0. The van der Waals surface area contributed by atoms with Crippen molar-refractivity contribution in [3.63, 3.8) is 0 Å². The minimum atomic E-state index is -0.689. The van der Waals surface area contributed by atoms with Crippen LogP contribution in [0.25, 0.3) is 0 Å². The zero-order valence-corrected chi connectivity index (χ0v) is 13.1. The lowest BCUT2D eigenvalue weighted by atomic mass is 10.0. The molecule has 0 aliphatic heterocycles. The number of hydrogen-bond acceptors (Lipinski definition) is 9. The second-order valence-corrected chi connectivity index (χ2v) is 4.69. The van der Waals surface area contributed by atoms with Gasteiger partial charge < -0.3 is 25.7 Å². The monoisotopic (exact) mass is 332 g/mol. The van der Waals surface area contributed by atoms with E-state index in [9.17, 15) is 9.59 Å². The fourth-order valence-electron chi connectivity index (χ4n) is 2.15. The maximum absolute atomic E-state index is 11.9. The first-order valence-electron chi connectivity index (χ1n) is 6.76. The number of anilines is 2. The molecule has 4 N–H and O–H groups in total. The molecule has 0 amide bonds. The summed E-state index contributed by atoms with van der Waals surface area (Å²) in [6.07, 6.45) is 1.82. The Labute approximate surface area is 137 Å². The van der Waals surface area contributed by atoms with Crippen molar-refractivity contribution >= 4 is 24.2 Å². The predicted molar refractivity (Wildman–Crippen MR) is 84.7 cm³/mol. The fourth-order valence-corrected chi connectivity index (χ4v) is 2.15. The van der Waals surface area contributed by atoms with E-state index in [4.69, 9.17) is 20.9 Å². The quantitative estimate of drug-likeness (QED) is 0.573. The third-order valence-corrected chi connectivity index (χ3v) is 3.22. The summed E-state index contributed by atoms with van der Waals surface area (Å²) in [5.41, 5.74) is 12.6. The Kier molecular flexibility index (Phi) is 5.15. The maximum Gasteiger partial charge on any atom is 0.345 e. The van der Waals surface area contributed by atoms with Crippen LogP contribution < -0.4 is 20.9 Å². The maximum atomic E-state index is 11.9. The van der Waals surface area contributed by atoms with Crippen LogP contribution in [0, 0.1) is 0 Å². The van der Waals surface area contributed by atoms with Crippen LogP contribution in [0.4, 0.5) is 11.8 Å². The van der Waals surface area contributed by atoms with Crippen molar-refractivity contribution in [2.24, 2.45) is 0 Å². The zero-order chi connectivity index (χ0) is 17.7.